The predicted molar refractivity (Wildman–Crippen MR) is 159 cm³/mol. The number of halogens is 1. The average Bonchev–Trinajstić information content (AvgIpc) is 3.22. The van der Waals surface area contributed by atoms with Crippen LogP contribution in [0.25, 0.3) is 0 Å². The quantitative estimate of drug-likeness (QED) is 0.175. The topological polar surface area (TPSA) is 114 Å². The summed E-state index contributed by atoms with van der Waals surface area (Å²) >= 11 is 6.24. The van der Waals surface area contributed by atoms with Gasteiger partial charge in [-0.25, -0.2) is 9.69 Å². The number of ether oxygens (including phenoxy) is 2. The molecule has 1 aliphatic heterocycles. The fourth-order valence-electron chi connectivity index (χ4n) is 4.12. The number of amides is 3. The third-order valence-corrected chi connectivity index (χ3v) is 6.50. The fourth-order valence-corrected chi connectivity index (χ4v) is 4.33. The molecule has 0 unspecified atom stereocenters. The van der Waals surface area contributed by atoms with Gasteiger partial charge in [-0.2, -0.15) is 0 Å². The monoisotopic (exact) mass is 581 g/mol. The minimum atomic E-state index is -0.735. The maximum Gasteiger partial charge on any atom is 0.338 e. The van der Waals surface area contributed by atoms with E-state index in [1.807, 2.05) is 30.3 Å². The van der Waals surface area contributed by atoms with E-state index in [0.717, 1.165) is 4.90 Å². The molecule has 3 amide bonds. The molecule has 0 fully saturated rings. The van der Waals surface area contributed by atoms with Crippen LogP contribution >= 0.6 is 11.6 Å². The molecule has 0 radical (unpaired) electrons. The Bertz CT molecular complexity index is 1690. The molecule has 0 aliphatic carbocycles. The number of nitrogens with one attached hydrogen (secondary N) is 2. The molecule has 0 bridgehead atoms. The molecule has 210 valence electrons. The third-order valence-electron chi connectivity index (χ3n) is 6.15. The molecule has 0 aromatic heterocycles. The van der Waals surface area contributed by atoms with Crippen molar-refractivity contribution in [2.75, 3.05) is 22.1 Å². The second-order valence-electron chi connectivity index (χ2n) is 9.00. The number of esters is 1. The average molecular weight is 582 g/mol. The van der Waals surface area contributed by atoms with Crippen molar-refractivity contribution >= 4 is 52.4 Å². The molecular formula is C32H24ClN3O6. The molecule has 5 rings (SSSR count). The van der Waals surface area contributed by atoms with Gasteiger partial charge in [0.25, 0.3) is 17.7 Å². The smallest absolute Gasteiger partial charge is 0.338 e. The van der Waals surface area contributed by atoms with E-state index in [4.69, 9.17) is 21.1 Å². The third kappa shape index (κ3) is 6.16. The number of carbonyl (C=O) groups is 4. The highest BCUT2D eigenvalue weighted by molar-refractivity contribution is 6.53. The Morgan fingerprint density at radius 3 is 2.12 bits per heavy atom. The van der Waals surface area contributed by atoms with Crippen molar-refractivity contribution in [3.63, 3.8) is 0 Å². The van der Waals surface area contributed by atoms with E-state index in [1.54, 1.807) is 55.5 Å². The molecule has 2 N–H and O–H groups in total. The van der Waals surface area contributed by atoms with Crippen LogP contribution in [0.15, 0.2) is 114 Å². The van der Waals surface area contributed by atoms with Crippen LogP contribution in [0.3, 0.4) is 0 Å². The van der Waals surface area contributed by atoms with Crippen LogP contribution < -0.4 is 20.3 Å². The summed E-state index contributed by atoms with van der Waals surface area (Å²) in [6, 6.07) is 28.6. The molecule has 0 saturated heterocycles. The van der Waals surface area contributed by atoms with E-state index >= 15 is 0 Å². The second kappa shape index (κ2) is 12.4. The Morgan fingerprint density at radius 1 is 0.762 bits per heavy atom. The lowest BCUT2D eigenvalue weighted by molar-refractivity contribution is -0.120. The number of anilines is 3. The van der Waals surface area contributed by atoms with Gasteiger partial charge >= 0.3 is 5.97 Å². The van der Waals surface area contributed by atoms with Crippen LogP contribution in [0.4, 0.5) is 17.1 Å². The lowest BCUT2D eigenvalue weighted by atomic mass is 10.1. The molecule has 0 spiro atoms. The van der Waals surface area contributed by atoms with Crippen LogP contribution in [-0.2, 0) is 14.3 Å². The van der Waals surface area contributed by atoms with Gasteiger partial charge in [-0.1, -0.05) is 35.9 Å². The Labute approximate surface area is 246 Å². The summed E-state index contributed by atoms with van der Waals surface area (Å²) in [7, 11) is 0. The summed E-state index contributed by atoms with van der Waals surface area (Å²) in [6.45, 7) is 1.86. The zero-order valence-electron chi connectivity index (χ0n) is 22.3. The zero-order valence-corrected chi connectivity index (χ0v) is 23.1. The number of rotatable bonds is 9. The first kappa shape index (κ1) is 28.1. The molecule has 4 aromatic rings. The van der Waals surface area contributed by atoms with Crippen LogP contribution in [0.5, 0.6) is 11.5 Å². The highest BCUT2D eigenvalue weighted by atomic mass is 35.5. The lowest BCUT2D eigenvalue weighted by Crippen LogP contribution is -2.32. The van der Waals surface area contributed by atoms with Crippen molar-refractivity contribution < 1.29 is 28.7 Å². The Morgan fingerprint density at radius 2 is 1.43 bits per heavy atom. The van der Waals surface area contributed by atoms with Gasteiger partial charge in [0.1, 0.15) is 22.2 Å². The van der Waals surface area contributed by atoms with Crippen molar-refractivity contribution in [2.24, 2.45) is 0 Å². The van der Waals surface area contributed by atoms with E-state index in [1.165, 1.54) is 24.3 Å². The SMILES string of the molecule is CCOC(=O)c1cccc(N2C(=O)C(Cl)=C(Nc3ccc(C(=O)Nc4ccc(Oc5ccccc5)cc4)cc3)C2=O)c1. The fraction of sp³-hybridized carbons (Fsp3) is 0.0625. The molecule has 10 heteroatoms. The van der Waals surface area contributed by atoms with Gasteiger partial charge in [-0.05, 0) is 85.8 Å². The maximum absolute atomic E-state index is 13.2. The van der Waals surface area contributed by atoms with Gasteiger partial charge in [-0.15, -0.1) is 0 Å². The largest absolute Gasteiger partial charge is 0.462 e. The van der Waals surface area contributed by atoms with E-state index in [9.17, 15) is 19.2 Å². The molecule has 1 aliphatic rings. The lowest BCUT2D eigenvalue weighted by Gasteiger charge is -2.16. The number of benzene rings is 4. The maximum atomic E-state index is 13.2. The normalized spacial score (nSPS) is 12.8. The van der Waals surface area contributed by atoms with E-state index < -0.39 is 17.8 Å². The van der Waals surface area contributed by atoms with Crippen LogP contribution in [0.1, 0.15) is 27.6 Å². The molecule has 9 nitrogen and oxygen atoms in total. The van der Waals surface area contributed by atoms with Crippen molar-refractivity contribution in [3.05, 3.63) is 125 Å². The second-order valence-corrected chi connectivity index (χ2v) is 9.38. The number of hydrogen-bond acceptors (Lipinski definition) is 7. The molecule has 4 aromatic carbocycles. The van der Waals surface area contributed by atoms with Crippen LogP contribution in [0.2, 0.25) is 0 Å². The molecule has 0 atom stereocenters. The first-order valence-corrected chi connectivity index (χ1v) is 13.3. The zero-order chi connectivity index (χ0) is 29.6. The molecule has 1 heterocycles. The molecule has 0 saturated carbocycles. The predicted octanol–water partition coefficient (Wildman–Crippen LogP) is 6.34. The first-order valence-electron chi connectivity index (χ1n) is 12.9. The summed E-state index contributed by atoms with van der Waals surface area (Å²) < 4.78 is 10.8. The van der Waals surface area contributed by atoms with Gasteiger partial charge in [0.05, 0.1) is 17.9 Å². The molecular weight excluding hydrogens is 558 g/mol. The Kier molecular flexibility index (Phi) is 8.31. The molecule has 42 heavy (non-hydrogen) atoms. The summed E-state index contributed by atoms with van der Waals surface area (Å²) in [5.74, 6) is -0.995. The number of imide groups is 1. The standard InChI is InChI=1S/C32H24ClN3O6/c1-2-41-32(40)21-7-6-8-24(19-21)36-30(38)27(33)28(31(36)39)34-22-13-11-20(12-14-22)29(37)35-23-15-17-26(18-16-23)42-25-9-4-3-5-10-25/h3-19,34H,2H2,1H3,(H,35,37). The summed E-state index contributed by atoms with van der Waals surface area (Å²) in [5.41, 5.74) is 1.64. The van der Waals surface area contributed by atoms with E-state index in [0.29, 0.717) is 28.4 Å². The van der Waals surface area contributed by atoms with Gasteiger partial charge in [0.15, 0.2) is 0 Å². The minimum Gasteiger partial charge on any atom is -0.462 e. The summed E-state index contributed by atoms with van der Waals surface area (Å²) in [5, 5.41) is 5.39. The van der Waals surface area contributed by atoms with Gasteiger partial charge in [0.2, 0.25) is 0 Å². The van der Waals surface area contributed by atoms with Crippen molar-refractivity contribution in [2.45, 2.75) is 6.92 Å². The van der Waals surface area contributed by atoms with Crippen LogP contribution in [0, 0.1) is 0 Å². The first-order chi connectivity index (χ1) is 20.3. The highest BCUT2D eigenvalue weighted by Gasteiger charge is 2.39. The van der Waals surface area contributed by atoms with Gasteiger partial charge < -0.3 is 20.1 Å². The number of nitrogens with zero attached hydrogens (tertiary/aromatic N) is 1. The van der Waals surface area contributed by atoms with Gasteiger partial charge in [0, 0.05) is 16.9 Å². The summed E-state index contributed by atoms with van der Waals surface area (Å²) in [6.07, 6.45) is 0. The highest BCUT2D eigenvalue weighted by Crippen LogP contribution is 2.31. The van der Waals surface area contributed by atoms with Gasteiger partial charge in [-0.3, -0.25) is 14.4 Å². The van der Waals surface area contributed by atoms with E-state index in [2.05, 4.69) is 10.6 Å². The van der Waals surface area contributed by atoms with Crippen molar-refractivity contribution in [1.29, 1.82) is 0 Å². The van der Waals surface area contributed by atoms with Crippen molar-refractivity contribution in [3.8, 4) is 11.5 Å². The Balaban J connectivity index is 1.22. The van der Waals surface area contributed by atoms with E-state index in [-0.39, 0.29) is 34.5 Å². The van der Waals surface area contributed by atoms with Crippen molar-refractivity contribution in [1.82, 2.24) is 0 Å². The number of para-hydroxylation sites is 1. The van der Waals surface area contributed by atoms with Crippen LogP contribution in [-0.4, -0.2) is 30.3 Å². The Hall–Kier alpha value is -5.41. The summed E-state index contributed by atoms with van der Waals surface area (Å²) in [4.78, 5) is 51.8. The minimum absolute atomic E-state index is 0.127. The number of carbonyl (C=O) groups excluding carboxylic acids is 4. The number of hydrogen-bond donors (Lipinski definition) is 2.